The van der Waals surface area contributed by atoms with Crippen LogP contribution in [0.5, 0.6) is 0 Å². The number of unbranched alkanes of at least 4 members (excludes halogenated alkanes) is 2. The van der Waals surface area contributed by atoms with E-state index in [0.29, 0.717) is 0 Å². The number of nitrogens with one attached hydrogen (secondary N) is 3. The van der Waals surface area contributed by atoms with Gasteiger partial charge in [-0.15, -0.1) is 0 Å². The minimum atomic E-state index is 0.167. The van der Waals surface area contributed by atoms with Crippen LogP contribution in [0.1, 0.15) is 60.9 Å². The zero-order chi connectivity index (χ0) is 20.8. The third kappa shape index (κ3) is 5.40. The highest BCUT2D eigenvalue weighted by atomic mass is 15.6. The Hall–Kier alpha value is -2.30. The van der Waals surface area contributed by atoms with E-state index in [1.54, 1.807) is 0 Å². The lowest BCUT2D eigenvalue weighted by atomic mass is 9.98. The van der Waals surface area contributed by atoms with Crippen LogP contribution in [0.4, 0.5) is 5.69 Å². The van der Waals surface area contributed by atoms with E-state index < -0.39 is 0 Å². The summed E-state index contributed by atoms with van der Waals surface area (Å²) in [6.07, 6.45) is 4.63. The molecular formula is C25H36N4. The number of hydrogen-bond donors (Lipinski definition) is 3. The molecule has 29 heavy (non-hydrogen) atoms. The molecule has 0 aromatic heterocycles. The highest BCUT2D eigenvalue weighted by Gasteiger charge is 2.35. The first-order valence-electron chi connectivity index (χ1n) is 10.9. The summed E-state index contributed by atoms with van der Waals surface area (Å²) >= 11 is 0. The molecule has 1 heterocycles. The molecule has 4 nitrogen and oxygen atoms in total. The molecule has 0 amide bonds. The Bertz CT molecular complexity index is 812. The molecule has 1 saturated heterocycles. The topological polar surface area (TPSA) is 39.3 Å². The van der Waals surface area contributed by atoms with Crippen molar-refractivity contribution < 1.29 is 0 Å². The van der Waals surface area contributed by atoms with Crippen LogP contribution < -0.4 is 21.3 Å². The highest BCUT2D eigenvalue weighted by molar-refractivity contribution is 5.56. The van der Waals surface area contributed by atoms with Crippen LogP contribution in [-0.2, 0) is 0 Å². The number of nitrogens with zero attached hydrogens (tertiary/aromatic N) is 1. The molecule has 1 aliphatic rings. The molecule has 1 aliphatic heterocycles. The molecule has 2 atom stereocenters. The smallest absolute Gasteiger partial charge is 0.0724 e. The van der Waals surface area contributed by atoms with Crippen LogP contribution in [0.3, 0.4) is 0 Å². The average molecular weight is 393 g/mol. The van der Waals surface area contributed by atoms with Crippen LogP contribution in [0.25, 0.3) is 0 Å². The van der Waals surface area contributed by atoms with E-state index in [-0.39, 0.29) is 12.1 Å². The van der Waals surface area contributed by atoms with Gasteiger partial charge >= 0.3 is 0 Å². The van der Waals surface area contributed by atoms with Gasteiger partial charge in [-0.25, -0.2) is 10.9 Å². The van der Waals surface area contributed by atoms with Crippen molar-refractivity contribution in [3.05, 3.63) is 77.0 Å². The first kappa shape index (κ1) is 21.4. The first-order valence-corrected chi connectivity index (χ1v) is 10.9. The molecule has 0 aliphatic carbocycles. The van der Waals surface area contributed by atoms with Gasteiger partial charge in [0.2, 0.25) is 0 Å². The van der Waals surface area contributed by atoms with Crippen molar-refractivity contribution in [2.75, 3.05) is 11.6 Å². The third-order valence-electron chi connectivity index (χ3n) is 5.71. The maximum absolute atomic E-state index is 4.30. The summed E-state index contributed by atoms with van der Waals surface area (Å²) in [6, 6.07) is 16.0. The zero-order valence-electron chi connectivity index (χ0n) is 18.4. The molecule has 4 heteroatoms. The van der Waals surface area contributed by atoms with Crippen LogP contribution in [0.2, 0.25) is 0 Å². The zero-order valence-corrected chi connectivity index (χ0v) is 18.4. The van der Waals surface area contributed by atoms with Gasteiger partial charge in [0.25, 0.3) is 0 Å². The Balaban J connectivity index is 1.77. The minimum Gasteiger partial charge on any atom is -0.325 e. The van der Waals surface area contributed by atoms with Gasteiger partial charge in [0.1, 0.15) is 0 Å². The average Bonchev–Trinajstić information content (AvgIpc) is 3.13. The van der Waals surface area contributed by atoms with Gasteiger partial charge in [-0.05, 0) is 50.8 Å². The molecule has 0 bridgehead atoms. The van der Waals surface area contributed by atoms with Gasteiger partial charge in [0, 0.05) is 12.2 Å². The van der Waals surface area contributed by atoms with E-state index in [1.165, 1.54) is 47.2 Å². The monoisotopic (exact) mass is 392 g/mol. The second-order valence-corrected chi connectivity index (χ2v) is 8.29. The molecular weight excluding hydrogens is 356 g/mol. The van der Waals surface area contributed by atoms with Gasteiger partial charge in [-0.3, -0.25) is 5.01 Å². The summed E-state index contributed by atoms with van der Waals surface area (Å²) < 4.78 is 0. The number of hydrazine groups is 2. The molecule has 0 spiro atoms. The van der Waals surface area contributed by atoms with E-state index in [2.05, 4.69) is 98.0 Å². The van der Waals surface area contributed by atoms with Crippen LogP contribution >= 0.6 is 0 Å². The van der Waals surface area contributed by atoms with Crippen molar-refractivity contribution in [2.24, 2.45) is 0 Å². The van der Waals surface area contributed by atoms with Crippen molar-refractivity contribution >= 4 is 5.69 Å². The molecule has 3 rings (SSSR count). The maximum atomic E-state index is 4.30. The second-order valence-electron chi connectivity index (χ2n) is 8.29. The quantitative estimate of drug-likeness (QED) is 0.403. The Kier molecular flexibility index (Phi) is 7.34. The van der Waals surface area contributed by atoms with Crippen molar-refractivity contribution in [2.45, 2.75) is 65.5 Å². The number of benzene rings is 2. The summed E-state index contributed by atoms with van der Waals surface area (Å²) in [4.78, 5) is 0. The van der Waals surface area contributed by atoms with E-state index in [9.17, 15) is 0 Å². The SMILES string of the molecule is C=C(NNCCCCC)C1CC(c2ccc(C)cc2)N(c2ccc(C)cc2C)N1. The lowest BCUT2D eigenvalue weighted by Gasteiger charge is -2.29. The minimum absolute atomic E-state index is 0.167. The van der Waals surface area contributed by atoms with Crippen molar-refractivity contribution in [1.29, 1.82) is 0 Å². The predicted octanol–water partition coefficient (Wildman–Crippen LogP) is 5.23. The second kappa shape index (κ2) is 9.95. The number of hydrogen-bond acceptors (Lipinski definition) is 4. The fraction of sp³-hybridized carbons (Fsp3) is 0.440. The molecule has 0 radical (unpaired) electrons. The molecule has 156 valence electrons. The van der Waals surface area contributed by atoms with Gasteiger partial charge in [0.15, 0.2) is 0 Å². The van der Waals surface area contributed by atoms with Gasteiger partial charge in [-0.1, -0.05) is 73.9 Å². The Morgan fingerprint density at radius 2 is 1.79 bits per heavy atom. The van der Waals surface area contributed by atoms with Crippen LogP contribution in [-0.4, -0.2) is 12.6 Å². The molecule has 0 saturated carbocycles. The normalized spacial score (nSPS) is 18.8. The van der Waals surface area contributed by atoms with Crippen molar-refractivity contribution in [3.8, 4) is 0 Å². The summed E-state index contributed by atoms with van der Waals surface area (Å²) in [6.45, 7) is 13.9. The first-order chi connectivity index (χ1) is 14.0. The third-order valence-corrected chi connectivity index (χ3v) is 5.71. The predicted molar refractivity (Wildman–Crippen MR) is 124 cm³/mol. The fourth-order valence-electron chi connectivity index (χ4n) is 3.97. The lowest BCUT2D eigenvalue weighted by molar-refractivity contribution is 0.516. The number of rotatable bonds is 9. The van der Waals surface area contributed by atoms with Gasteiger partial charge < -0.3 is 5.43 Å². The molecule has 1 fully saturated rings. The molecule has 2 aromatic rings. The Morgan fingerprint density at radius 3 is 2.48 bits per heavy atom. The summed E-state index contributed by atoms with van der Waals surface area (Å²) in [7, 11) is 0. The van der Waals surface area contributed by atoms with Gasteiger partial charge in [-0.2, -0.15) is 0 Å². The fourth-order valence-corrected chi connectivity index (χ4v) is 3.97. The van der Waals surface area contributed by atoms with Crippen LogP contribution in [0, 0.1) is 20.8 Å². The van der Waals surface area contributed by atoms with E-state index in [4.69, 9.17) is 0 Å². The maximum Gasteiger partial charge on any atom is 0.0724 e. The summed E-state index contributed by atoms with van der Waals surface area (Å²) in [5.41, 5.74) is 17.8. The van der Waals surface area contributed by atoms with E-state index >= 15 is 0 Å². The molecule has 3 N–H and O–H groups in total. The number of anilines is 1. The summed E-state index contributed by atoms with van der Waals surface area (Å²) in [5.74, 6) is 0. The van der Waals surface area contributed by atoms with Gasteiger partial charge in [0.05, 0.1) is 17.8 Å². The summed E-state index contributed by atoms with van der Waals surface area (Å²) in [5, 5.41) is 2.33. The molecule has 2 unspecified atom stereocenters. The Labute approximate surface area is 176 Å². The van der Waals surface area contributed by atoms with E-state index in [1.807, 2.05) is 0 Å². The largest absolute Gasteiger partial charge is 0.325 e. The van der Waals surface area contributed by atoms with Crippen LogP contribution in [0.15, 0.2) is 54.7 Å². The van der Waals surface area contributed by atoms with Crippen molar-refractivity contribution in [1.82, 2.24) is 16.3 Å². The number of aryl methyl sites for hydroxylation is 3. The Morgan fingerprint density at radius 1 is 1.07 bits per heavy atom. The molecule has 2 aromatic carbocycles. The van der Waals surface area contributed by atoms with E-state index in [0.717, 1.165) is 18.7 Å². The standard InChI is InChI=1S/C25H36N4/c1-6-7-8-15-26-27-21(5)23-17-25(22-12-9-18(2)10-13-22)29(28-23)24-14-11-19(3)16-20(24)4/h9-14,16,23,25-28H,5-8,15,17H2,1-4H3. The lowest BCUT2D eigenvalue weighted by Crippen LogP contribution is -2.43. The van der Waals surface area contributed by atoms with Crippen molar-refractivity contribution in [3.63, 3.8) is 0 Å². The highest BCUT2D eigenvalue weighted by Crippen LogP contribution is 2.37.